The van der Waals surface area contributed by atoms with E-state index in [4.69, 9.17) is 14.9 Å². The van der Waals surface area contributed by atoms with Gasteiger partial charge in [-0.3, -0.25) is 14.9 Å². The predicted molar refractivity (Wildman–Crippen MR) is 65.1 cm³/mol. The fourth-order valence-electron chi connectivity index (χ4n) is 1.43. The van der Waals surface area contributed by atoms with Gasteiger partial charge in [0.15, 0.2) is 5.56 Å². The molecule has 1 atom stereocenters. The number of hydrogen-bond donors (Lipinski definition) is 3. The first kappa shape index (κ1) is 14.9. The Morgan fingerprint density at radius 3 is 2.79 bits per heavy atom. The summed E-state index contributed by atoms with van der Waals surface area (Å²) >= 11 is 0. The van der Waals surface area contributed by atoms with E-state index in [1.165, 1.54) is 25.3 Å². The molecule has 0 saturated carbocycles. The number of hydrogen-bond acceptors (Lipinski definition) is 6. The molecule has 1 rings (SSSR count). The lowest BCUT2D eigenvalue weighted by Gasteiger charge is -2.11. The van der Waals surface area contributed by atoms with Crippen molar-refractivity contribution in [3.8, 4) is 5.75 Å². The summed E-state index contributed by atoms with van der Waals surface area (Å²) in [5.74, 6) is -0.693. The van der Waals surface area contributed by atoms with Crippen molar-refractivity contribution in [1.82, 2.24) is 5.32 Å². The molecule has 0 radical (unpaired) electrons. The second kappa shape index (κ2) is 6.66. The van der Waals surface area contributed by atoms with E-state index in [1.54, 1.807) is 0 Å². The second-order valence-corrected chi connectivity index (χ2v) is 3.66. The molecule has 1 unspecified atom stereocenters. The first-order valence-corrected chi connectivity index (χ1v) is 5.39. The van der Waals surface area contributed by atoms with Gasteiger partial charge in [-0.1, -0.05) is 6.07 Å². The van der Waals surface area contributed by atoms with Gasteiger partial charge >= 0.3 is 0 Å². The number of nitro groups is 1. The van der Waals surface area contributed by atoms with E-state index in [2.05, 4.69) is 5.32 Å². The van der Waals surface area contributed by atoms with Crippen LogP contribution in [0, 0.1) is 10.1 Å². The first-order valence-electron chi connectivity index (χ1n) is 5.39. The summed E-state index contributed by atoms with van der Waals surface area (Å²) in [6.45, 7) is -0.737. The van der Waals surface area contributed by atoms with Gasteiger partial charge < -0.3 is 20.3 Å². The minimum atomic E-state index is -1.13. The molecule has 0 bridgehead atoms. The highest BCUT2D eigenvalue weighted by atomic mass is 16.6. The van der Waals surface area contributed by atoms with Crippen LogP contribution in [-0.2, 0) is 0 Å². The van der Waals surface area contributed by atoms with Crippen LogP contribution in [0.15, 0.2) is 18.2 Å². The lowest BCUT2D eigenvalue weighted by atomic mass is 10.1. The molecule has 0 aromatic heterocycles. The molecule has 3 N–H and O–H groups in total. The molecular formula is C11H14N2O6. The molecule has 0 aliphatic carbocycles. The number of aliphatic hydroxyl groups is 2. The third-order valence-corrected chi connectivity index (χ3v) is 2.36. The summed E-state index contributed by atoms with van der Waals surface area (Å²) in [5, 5.41) is 30.9. The quantitative estimate of drug-likeness (QED) is 0.481. The highest BCUT2D eigenvalue weighted by molar-refractivity contribution is 6.00. The SMILES string of the molecule is COc1cccc([N+](=O)[O-])c1C(=O)NCC(O)CO. The number of carbonyl (C=O) groups is 1. The Morgan fingerprint density at radius 1 is 1.58 bits per heavy atom. The number of carbonyl (C=O) groups excluding carboxylic acids is 1. The van der Waals surface area contributed by atoms with Crippen LogP contribution < -0.4 is 10.1 Å². The van der Waals surface area contributed by atoms with Crippen molar-refractivity contribution < 1.29 is 24.7 Å². The van der Waals surface area contributed by atoms with E-state index in [-0.39, 0.29) is 17.9 Å². The number of amides is 1. The van der Waals surface area contributed by atoms with Crippen molar-refractivity contribution in [3.63, 3.8) is 0 Å². The Hall–Kier alpha value is -2.19. The highest BCUT2D eigenvalue weighted by Crippen LogP contribution is 2.27. The zero-order valence-corrected chi connectivity index (χ0v) is 10.2. The first-order chi connectivity index (χ1) is 9.01. The normalized spacial score (nSPS) is 11.7. The number of nitrogens with zero attached hydrogens (tertiary/aromatic N) is 1. The van der Waals surface area contributed by atoms with E-state index >= 15 is 0 Å². The second-order valence-electron chi connectivity index (χ2n) is 3.66. The smallest absolute Gasteiger partial charge is 0.285 e. The Balaban J connectivity index is 3.03. The fourth-order valence-corrected chi connectivity index (χ4v) is 1.43. The van der Waals surface area contributed by atoms with Crippen LogP contribution in [0.2, 0.25) is 0 Å². The monoisotopic (exact) mass is 270 g/mol. The van der Waals surface area contributed by atoms with Crippen LogP contribution in [0.1, 0.15) is 10.4 Å². The van der Waals surface area contributed by atoms with Crippen LogP contribution in [0.4, 0.5) is 5.69 Å². The summed E-state index contributed by atoms with van der Waals surface area (Å²) < 4.78 is 4.91. The Bertz CT molecular complexity index is 476. The molecule has 0 aliphatic rings. The fraction of sp³-hybridized carbons (Fsp3) is 0.364. The van der Waals surface area contributed by atoms with E-state index in [1.807, 2.05) is 0 Å². The topological polar surface area (TPSA) is 122 Å². The van der Waals surface area contributed by atoms with E-state index < -0.39 is 29.2 Å². The number of rotatable bonds is 6. The van der Waals surface area contributed by atoms with Crippen molar-refractivity contribution in [2.24, 2.45) is 0 Å². The van der Waals surface area contributed by atoms with Gasteiger partial charge in [-0.2, -0.15) is 0 Å². The maximum atomic E-state index is 11.9. The molecule has 19 heavy (non-hydrogen) atoms. The highest BCUT2D eigenvalue weighted by Gasteiger charge is 2.24. The molecule has 8 heteroatoms. The van der Waals surface area contributed by atoms with Gasteiger partial charge in [0.2, 0.25) is 0 Å². The zero-order valence-electron chi connectivity index (χ0n) is 10.2. The van der Waals surface area contributed by atoms with Gasteiger partial charge in [0, 0.05) is 12.6 Å². The molecule has 104 valence electrons. The molecule has 1 aromatic carbocycles. The van der Waals surface area contributed by atoms with Crippen molar-refractivity contribution in [3.05, 3.63) is 33.9 Å². The third kappa shape index (κ3) is 3.63. The van der Waals surface area contributed by atoms with Gasteiger partial charge in [0.1, 0.15) is 5.75 Å². The number of methoxy groups -OCH3 is 1. The number of ether oxygens (including phenoxy) is 1. The van der Waals surface area contributed by atoms with Crippen LogP contribution >= 0.6 is 0 Å². The maximum Gasteiger partial charge on any atom is 0.285 e. The molecule has 0 spiro atoms. The van der Waals surface area contributed by atoms with Gasteiger partial charge in [-0.15, -0.1) is 0 Å². The van der Waals surface area contributed by atoms with E-state index in [9.17, 15) is 14.9 Å². The van der Waals surface area contributed by atoms with Gasteiger partial charge in [0.25, 0.3) is 11.6 Å². The van der Waals surface area contributed by atoms with Gasteiger partial charge in [-0.25, -0.2) is 0 Å². The molecule has 0 aliphatic heterocycles. The summed E-state index contributed by atoms with van der Waals surface area (Å²) in [6.07, 6.45) is -1.13. The summed E-state index contributed by atoms with van der Waals surface area (Å²) in [7, 11) is 1.29. The number of benzene rings is 1. The lowest BCUT2D eigenvalue weighted by molar-refractivity contribution is -0.385. The lowest BCUT2D eigenvalue weighted by Crippen LogP contribution is -2.34. The van der Waals surface area contributed by atoms with Crippen LogP contribution in [0.3, 0.4) is 0 Å². The molecule has 8 nitrogen and oxygen atoms in total. The van der Waals surface area contributed by atoms with Crippen molar-refractivity contribution >= 4 is 11.6 Å². The Morgan fingerprint density at radius 2 is 2.26 bits per heavy atom. The predicted octanol–water partition coefficient (Wildman–Crippen LogP) is -0.314. The van der Waals surface area contributed by atoms with E-state index in [0.717, 1.165) is 0 Å². The van der Waals surface area contributed by atoms with Crippen molar-refractivity contribution in [1.29, 1.82) is 0 Å². The van der Waals surface area contributed by atoms with E-state index in [0.29, 0.717) is 0 Å². The van der Waals surface area contributed by atoms with Gasteiger partial charge in [0.05, 0.1) is 24.7 Å². The number of nitro benzene ring substituents is 1. The largest absolute Gasteiger partial charge is 0.496 e. The minimum absolute atomic E-state index is 0.0604. The standard InChI is InChI=1S/C11H14N2O6/c1-19-9-4-2-3-8(13(17)18)10(9)11(16)12-5-7(15)6-14/h2-4,7,14-15H,5-6H2,1H3,(H,12,16). The molecule has 0 fully saturated rings. The van der Waals surface area contributed by atoms with Crippen molar-refractivity contribution in [2.45, 2.75) is 6.10 Å². The maximum absolute atomic E-state index is 11.9. The Kier molecular flexibility index (Phi) is 5.22. The third-order valence-electron chi connectivity index (χ3n) is 2.36. The van der Waals surface area contributed by atoms with Crippen molar-refractivity contribution in [2.75, 3.05) is 20.3 Å². The van der Waals surface area contributed by atoms with Crippen LogP contribution in [-0.4, -0.2) is 47.4 Å². The minimum Gasteiger partial charge on any atom is -0.496 e. The average molecular weight is 270 g/mol. The molecule has 1 amide bonds. The molecule has 0 saturated heterocycles. The average Bonchev–Trinajstić information content (AvgIpc) is 2.43. The summed E-state index contributed by atoms with van der Waals surface area (Å²) in [5.41, 5.74) is -0.615. The van der Waals surface area contributed by atoms with Crippen LogP contribution in [0.5, 0.6) is 5.75 Å². The molecule has 1 aromatic rings. The Labute approximate surface area is 108 Å². The van der Waals surface area contributed by atoms with Gasteiger partial charge in [-0.05, 0) is 6.07 Å². The molecular weight excluding hydrogens is 256 g/mol. The summed E-state index contributed by atoms with van der Waals surface area (Å²) in [4.78, 5) is 22.1. The zero-order chi connectivity index (χ0) is 14.4. The number of nitrogens with one attached hydrogen (secondary N) is 1. The summed E-state index contributed by atoms with van der Waals surface area (Å²) in [6, 6.07) is 4.00. The molecule has 0 heterocycles. The van der Waals surface area contributed by atoms with Crippen LogP contribution in [0.25, 0.3) is 0 Å². The number of aliphatic hydroxyl groups excluding tert-OH is 2.